The molecule has 0 aliphatic heterocycles. The van der Waals surface area contributed by atoms with E-state index in [0.717, 1.165) is 75.5 Å². The van der Waals surface area contributed by atoms with Crippen LogP contribution in [0, 0.1) is 17.8 Å². The standard InChI is InChI=1S/C48H92O6/c1-7-44(6)36-30-24-18-12-8-9-13-19-25-31-37-46(49)52-40-45(54-48(51)39-33-27-21-15-17-23-29-35-43(4)5)41-53-47(50)38-32-26-20-14-10-11-16-22-28-34-42(2)3/h42-45H,7-41H2,1-6H3/t44?,45-/m0/s1. The molecule has 0 radical (unpaired) electrons. The Labute approximate surface area is 336 Å². The number of hydrogen-bond acceptors (Lipinski definition) is 6. The average molecular weight is 765 g/mol. The van der Waals surface area contributed by atoms with Gasteiger partial charge in [0, 0.05) is 19.3 Å². The van der Waals surface area contributed by atoms with Crippen molar-refractivity contribution >= 4 is 17.9 Å². The summed E-state index contributed by atoms with van der Waals surface area (Å²) in [5.74, 6) is 1.59. The fourth-order valence-electron chi connectivity index (χ4n) is 7.02. The molecule has 0 aromatic rings. The fraction of sp³-hybridized carbons (Fsp3) is 0.938. The van der Waals surface area contributed by atoms with Crippen molar-refractivity contribution in [3.05, 3.63) is 0 Å². The van der Waals surface area contributed by atoms with E-state index in [1.54, 1.807) is 0 Å². The Morgan fingerprint density at radius 1 is 0.370 bits per heavy atom. The predicted octanol–water partition coefficient (Wildman–Crippen LogP) is 14.8. The third kappa shape index (κ3) is 40.1. The highest BCUT2D eigenvalue weighted by molar-refractivity contribution is 5.71. The molecule has 2 atom stereocenters. The summed E-state index contributed by atoms with van der Waals surface area (Å²) in [5.41, 5.74) is 0. The smallest absolute Gasteiger partial charge is 0.306 e. The van der Waals surface area contributed by atoms with E-state index in [4.69, 9.17) is 14.2 Å². The summed E-state index contributed by atoms with van der Waals surface area (Å²) in [5, 5.41) is 0. The number of unbranched alkanes of at least 4 members (excludes halogenated alkanes) is 23. The van der Waals surface area contributed by atoms with Gasteiger partial charge >= 0.3 is 17.9 Å². The largest absolute Gasteiger partial charge is 0.462 e. The highest BCUT2D eigenvalue weighted by Crippen LogP contribution is 2.17. The van der Waals surface area contributed by atoms with E-state index in [1.165, 1.54) is 135 Å². The maximum Gasteiger partial charge on any atom is 0.306 e. The van der Waals surface area contributed by atoms with Crippen molar-refractivity contribution in [2.24, 2.45) is 17.8 Å². The third-order valence-electron chi connectivity index (χ3n) is 11.0. The van der Waals surface area contributed by atoms with Crippen LogP contribution in [0.3, 0.4) is 0 Å². The summed E-state index contributed by atoms with van der Waals surface area (Å²) in [4.78, 5) is 37.7. The van der Waals surface area contributed by atoms with E-state index in [0.29, 0.717) is 19.3 Å². The maximum atomic E-state index is 12.7. The van der Waals surface area contributed by atoms with Crippen LogP contribution in [0.5, 0.6) is 0 Å². The van der Waals surface area contributed by atoms with Crippen LogP contribution in [0.4, 0.5) is 0 Å². The maximum absolute atomic E-state index is 12.7. The molecule has 0 saturated carbocycles. The molecule has 0 aromatic carbocycles. The minimum atomic E-state index is -0.762. The van der Waals surface area contributed by atoms with Gasteiger partial charge in [0.15, 0.2) is 6.10 Å². The van der Waals surface area contributed by atoms with Crippen LogP contribution in [-0.4, -0.2) is 37.2 Å². The van der Waals surface area contributed by atoms with Gasteiger partial charge in [-0.3, -0.25) is 14.4 Å². The lowest BCUT2D eigenvalue weighted by atomic mass is 9.99. The molecule has 1 unspecified atom stereocenters. The average Bonchev–Trinajstić information content (AvgIpc) is 3.14. The van der Waals surface area contributed by atoms with Crippen molar-refractivity contribution in [1.82, 2.24) is 0 Å². The third-order valence-corrected chi connectivity index (χ3v) is 11.0. The molecule has 0 aliphatic carbocycles. The molecule has 0 fully saturated rings. The number of carbonyl (C=O) groups is 3. The lowest BCUT2D eigenvalue weighted by molar-refractivity contribution is -0.167. The minimum Gasteiger partial charge on any atom is -0.462 e. The predicted molar refractivity (Wildman–Crippen MR) is 229 cm³/mol. The minimum absolute atomic E-state index is 0.0664. The first-order chi connectivity index (χ1) is 26.1. The number of esters is 3. The van der Waals surface area contributed by atoms with Crippen LogP contribution >= 0.6 is 0 Å². The van der Waals surface area contributed by atoms with Gasteiger partial charge in [-0.2, -0.15) is 0 Å². The van der Waals surface area contributed by atoms with E-state index in [1.807, 2.05) is 0 Å². The molecule has 0 aromatic heterocycles. The monoisotopic (exact) mass is 765 g/mol. The van der Waals surface area contributed by atoms with Gasteiger partial charge in [-0.25, -0.2) is 0 Å². The van der Waals surface area contributed by atoms with Gasteiger partial charge in [-0.05, 0) is 37.0 Å². The SMILES string of the molecule is CCC(C)CCCCCCCCCCCCC(=O)OC[C@@H](COC(=O)CCCCCCCCCCCC(C)C)OC(=O)CCCCCCCCCC(C)C. The summed E-state index contributed by atoms with van der Waals surface area (Å²) in [7, 11) is 0. The van der Waals surface area contributed by atoms with Gasteiger partial charge in [0.25, 0.3) is 0 Å². The molecule has 0 aliphatic rings. The topological polar surface area (TPSA) is 78.9 Å². The Bertz CT molecular complexity index is 839. The summed E-state index contributed by atoms with van der Waals surface area (Å²) >= 11 is 0. The quantitative estimate of drug-likeness (QED) is 0.0350. The Kier molecular flexibility index (Phi) is 38.5. The van der Waals surface area contributed by atoms with Crippen molar-refractivity contribution in [3.8, 4) is 0 Å². The van der Waals surface area contributed by atoms with E-state index in [2.05, 4.69) is 41.5 Å². The summed E-state index contributed by atoms with van der Waals surface area (Å²) in [6.45, 7) is 13.6. The van der Waals surface area contributed by atoms with Crippen molar-refractivity contribution < 1.29 is 28.6 Å². The molecule has 0 heterocycles. The van der Waals surface area contributed by atoms with E-state index >= 15 is 0 Å². The second kappa shape index (κ2) is 39.6. The zero-order valence-corrected chi connectivity index (χ0v) is 37.0. The lowest BCUT2D eigenvalue weighted by Gasteiger charge is -2.18. The highest BCUT2D eigenvalue weighted by Gasteiger charge is 2.19. The second-order valence-corrected chi connectivity index (χ2v) is 17.6. The van der Waals surface area contributed by atoms with Crippen LogP contribution in [0.2, 0.25) is 0 Å². The van der Waals surface area contributed by atoms with Crippen LogP contribution in [0.25, 0.3) is 0 Å². The summed E-state index contributed by atoms with van der Waals surface area (Å²) in [6.07, 6.45) is 36.6. The highest BCUT2D eigenvalue weighted by atomic mass is 16.6. The first-order valence-corrected chi connectivity index (χ1v) is 23.6. The molecule has 0 spiro atoms. The molecular formula is C48H92O6. The fourth-order valence-corrected chi connectivity index (χ4v) is 7.02. The van der Waals surface area contributed by atoms with E-state index in [-0.39, 0.29) is 31.1 Å². The molecule has 320 valence electrons. The summed E-state index contributed by atoms with van der Waals surface area (Å²) in [6, 6.07) is 0. The van der Waals surface area contributed by atoms with Crippen LogP contribution in [-0.2, 0) is 28.6 Å². The molecule has 6 heteroatoms. The van der Waals surface area contributed by atoms with Crippen molar-refractivity contribution in [2.75, 3.05) is 13.2 Å². The van der Waals surface area contributed by atoms with E-state index < -0.39 is 6.10 Å². The second-order valence-electron chi connectivity index (χ2n) is 17.6. The molecule has 6 nitrogen and oxygen atoms in total. The number of carbonyl (C=O) groups excluding carboxylic acids is 3. The zero-order valence-electron chi connectivity index (χ0n) is 37.0. The zero-order chi connectivity index (χ0) is 39.9. The van der Waals surface area contributed by atoms with Crippen LogP contribution in [0.15, 0.2) is 0 Å². The van der Waals surface area contributed by atoms with Crippen molar-refractivity contribution in [2.45, 2.75) is 260 Å². The number of hydrogen-bond donors (Lipinski definition) is 0. The molecule has 54 heavy (non-hydrogen) atoms. The van der Waals surface area contributed by atoms with Gasteiger partial charge in [0.2, 0.25) is 0 Å². The number of ether oxygens (including phenoxy) is 3. The van der Waals surface area contributed by atoms with Gasteiger partial charge in [0.1, 0.15) is 13.2 Å². The lowest BCUT2D eigenvalue weighted by Crippen LogP contribution is -2.30. The van der Waals surface area contributed by atoms with Crippen molar-refractivity contribution in [1.29, 1.82) is 0 Å². The summed E-state index contributed by atoms with van der Waals surface area (Å²) < 4.78 is 16.7. The van der Waals surface area contributed by atoms with Gasteiger partial charge in [0.05, 0.1) is 0 Å². The number of rotatable bonds is 41. The molecule has 0 amide bonds. The first-order valence-electron chi connectivity index (χ1n) is 23.6. The normalized spacial score (nSPS) is 12.7. The molecule has 0 rings (SSSR count). The van der Waals surface area contributed by atoms with Crippen molar-refractivity contribution in [3.63, 3.8) is 0 Å². The molecule has 0 bridgehead atoms. The Hall–Kier alpha value is -1.59. The van der Waals surface area contributed by atoms with Crippen LogP contribution < -0.4 is 0 Å². The Morgan fingerprint density at radius 3 is 0.963 bits per heavy atom. The van der Waals surface area contributed by atoms with Crippen LogP contribution in [0.1, 0.15) is 253 Å². The Morgan fingerprint density at radius 2 is 0.648 bits per heavy atom. The van der Waals surface area contributed by atoms with Gasteiger partial charge < -0.3 is 14.2 Å². The van der Waals surface area contributed by atoms with Gasteiger partial charge in [-0.1, -0.05) is 215 Å². The Balaban J connectivity index is 4.33. The molecular weight excluding hydrogens is 673 g/mol. The molecule has 0 N–H and O–H groups in total. The first kappa shape index (κ1) is 52.4. The van der Waals surface area contributed by atoms with Gasteiger partial charge in [-0.15, -0.1) is 0 Å². The van der Waals surface area contributed by atoms with E-state index in [9.17, 15) is 14.4 Å². The molecule has 0 saturated heterocycles.